The number of nitrogens with one attached hydrogen (secondary N) is 2. The summed E-state index contributed by atoms with van der Waals surface area (Å²) in [6, 6.07) is 3.50. The number of halogens is 3. The number of anilines is 1. The minimum atomic E-state index is -4.55. The lowest BCUT2D eigenvalue weighted by atomic mass is 10.2. The van der Waals surface area contributed by atoms with E-state index < -0.39 is 11.9 Å². The zero-order valence-corrected chi connectivity index (χ0v) is 13.8. The number of H-pyrrole nitrogens is 1. The van der Waals surface area contributed by atoms with Crippen LogP contribution >= 0.6 is 0 Å². The van der Waals surface area contributed by atoms with Crippen LogP contribution in [0.5, 0.6) is 0 Å². The van der Waals surface area contributed by atoms with Crippen molar-refractivity contribution in [1.29, 1.82) is 0 Å². The summed E-state index contributed by atoms with van der Waals surface area (Å²) in [5, 5.41) is 17.0. The van der Waals surface area contributed by atoms with Gasteiger partial charge < -0.3 is 5.32 Å². The molecule has 0 fully saturated rings. The van der Waals surface area contributed by atoms with Gasteiger partial charge in [0.25, 0.3) is 0 Å². The van der Waals surface area contributed by atoms with E-state index >= 15 is 0 Å². The smallest absolute Gasteiger partial charge is 0.321 e. The largest absolute Gasteiger partial charge is 0.433 e. The molecular weight excluding hydrogens is 351 g/mol. The first-order valence-electron chi connectivity index (χ1n) is 7.50. The van der Waals surface area contributed by atoms with Crippen molar-refractivity contribution in [1.82, 2.24) is 30.2 Å². The molecule has 0 aromatic carbocycles. The van der Waals surface area contributed by atoms with Crippen molar-refractivity contribution in [3.05, 3.63) is 41.5 Å². The van der Waals surface area contributed by atoms with Crippen molar-refractivity contribution in [3.8, 4) is 11.4 Å². The summed E-state index contributed by atoms with van der Waals surface area (Å²) in [6.07, 6.45) is -3.19. The van der Waals surface area contributed by atoms with Crippen LogP contribution in [0.4, 0.5) is 18.9 Å². The molecule has 3 rings (SSSR count). The first-order chi connectivity index (χ1) is 12.2. The van der Waals surface area contributed by atoms with Gasteiger partial charge in [-0.25, -0.2) is 9.67 Å². The Balaban J connectivity index is 1.73. The van der Waals surface area contributed by atoms with Gasteiger partial charge in [0, 0.05) is 0 Å². The minimum Gasteiger partial charge on any atom is -0.321 e. The first-order valence-corrected chi connectivity index (χ1v) is 7.50. The number of aryl methyl sites for hydroxylation is 2. The molecule has 0 atom stereocenters. The topological polar surface area (TPSA) is 101 Å². The Morgan fingerprint density at radius 1 is 1.27 bits per heavy atom. The normalized spacial score (nSPS) is 11.6. The molecule has 0 spiro atoms. The predicted octanol–water partition coefficient (Wildman–Crippen LogP) is 2.34. The van der Waals surface area contributed by atoms with Crippen molar-refractivity contribution >= 4 is 11.6 Å². The monoisotopic (exact) mass is 365 g/mol. The number of amides is 1. The molecule has 3 aromatic heterocycles. The number of aromatic amines is 1. The third kappa shape index (κ3) is 3.71. The summed E-state index contributed by atoms with van der Waals surface area (Å²) in [5.41, 5.74) is 1.07. The second-order valence-corrected chi connectivity index (χ2v) is 5.56. The van der Waals surface area contributed by atoms with Crippen LogP contribution in [-0.2, 0) is 17.5 Å². The lowest BCUT2D eigenvalue weighted by Crippen LogP contribution is -2.19. The number of rotatable bonds is 4. The summed E-state index contributed by atoms with van der Waals surface area (Å²) < 4.78 is 39.4. The Morgan fingerprint density at radius 2 is 2.04 bits per heavy atom. The van der Waals surface area contributed by atoms with Crippen LogP contribution in [0, 0.1) is 13.8 Å². The van der Waals surface area contributed by atoms with Crippen molar-refractivity contribution < 1.29 is 18.0 Å². The number of pyridine rings is 1. The van der Waals surface area contributed by atoms with Crippen molar-refractivity contribution in [2.45, 2.75) is 26.6 Å². The maximum atomic E-state index is 12.7. The molecule has 0 unspecified atom stereocenters. The molecule has 0 bridgehead atoms. The Morgan fingerprint density at radius 3 is 2.69 bits per heavy atom. The van der Waals surface area contributed by atoms with Crippen LogP contribution < -0.4 is 5.32 Å². The second kappa shape index (κ2) is 6.58. The molecule has 136 valence electrons. The average molecular weight is 365 g/mol. The van der Waals surface area contributed by atoms with Crippen LogP contribution in [-0.4, -0.2) is 36.1 Å². The molecule has 26 heavy (non-hydrogen) atoms. The first kappa shape index (κ1) is 17.6. The fourth-order valence-electron chi connectivity index (χ4n) is 2.29. The number of nitrogens with zero attached hydrogens (tertiary/aromatic N) is 5. The van der Waals surface area contributed by atoms with E-state index in [-0.39, 0.29) is 23.8 Å². The van der Waals surface area contributed by atoms with Gasteiger partial charge in [0.05, 0.1) is 29.0 Å². The predicted molar refractivity (Wildman–Crippen MR) is 84.9 cm³/mol. The quantitative estimate of drug-likeness (QED) is 0.739. The number of hydrogen-bond donors (Lipinski definition) is 2. The number of hydrogen-bond acceptors (Lipinski definition) is 5. The van der Waals surface area contributed by atoms with Gasteiger partial charge in [-0.1, -0.05) is 11.3 Å². The van der Waals surface area contributed by atoms with Crippen LogP contribution in [0.2, 0.25) is 0 Å². The summed E-state index contributed by atoms with van der Waals surface area (Å²) in [7, 11) is 0. The third-order valence-electron chi connectivity index (χ3n) is 3.54. The Hall–Kier alpha value is -3.24. The molecule has 0 aliphatic rings. The maximum absolute atomic E-state index is 12.7. The highest BCUT2D eigenvalue weighted by atomic mass is 19.4. The molecule has 0 saturated carbocycles. The average Bonchev–Trinajstić information content (AvgIpc) is 3.16. The summed E-state index contributed by atoms with van der Waals surface area (Å²) >= 11 is 0. The Labute approximate surface area is 145 Å². The zero-order chi connectivity index (χ0) is 18.9. The van der Waals surface area contributed by atoms with Crippen LogP contribution in [0.25, 0.3) is 11.4 Å². The van der Waals surface area contributed by atoms with Crippen LogP contribution in [0.3, 0.4) is 0 Å². The molecule has 3 aromatic rings. The van der Waals surface area contributed by atoms with Gasteiger partial charge >= 0.3 is 6.18 Å². The van der Waals surface area contributed by atoms with Crippen LogP contribution in [0.15, 0.2) is 24.4 Å². The van der Waals surface area contributed by atoms with Gasteiger partial charge in [-0.15, -0.1) is 5.10 Å². The highest BCUT2D eigenvalue weighted by Crippen LogP contribution is 2.28. The molecule has 2 N–H and O–H groups in total. The number of alkyl halides is 3. The van der Waals surface area contributed by atoms with Gasteiger partial charge in [0.1, 0.15) is 17.9 Å². The van der Waals surface area contributed by atoms with Crippen molar-refractivity contribution in [3.63, 3.8) is 0 Å². The maximum Gasteiger partial charge on any atom is 0.433 e. The summed E-state index contributed by atoms with van der Waals surface area (Å²) in [6.45, 7) is 3.35. The fraction of sp³-hybridized carbons (Fsp3) is 0.267. The SMILES string of the molecule is Cc1n[nH]c(C)c1NC(=O)Cn1cc(-c2cccc(C(F)(F)F)n2)nn1. The number of carbonyl (C=O) groups is 1. The van der Waals surface area contributed by atoms with Gasteiger partial charge in [-0.05, 0) is 26.0 Å². The van der Waals surface area contributed by atoms with Gasteiger partial charge in [0.2, 0.25) is 5.91 Å². The van der Waals surface area contributed by atoms with E-state index in [9.17, 15) is 18.0 Å². The molecule has 0 aliphatic heterocycles. The Bertz CT molecular complexity index is 925. The zero-order valence-electron chi connectivity index (χ0n) is 13.8. The standard InChI is InChI=1S/C15H14F3N7O/c1-8-14(9(2)22-21-8)20-13(26)7-25-6-11(23-24-25)10-4-3-5-12(19-10)15(16,17)18/h3-6H,7H2,1-2H3,(H,20,26)(H,21,22). The third-order valence-corrected chi connectivity index (χ3v) is 3.54. The fourth-order valence-corrected chi connectivity index (χ4v) is 2.29. The van der Waals surface area contributed by atoms with E-state index in [1.54, 1.807) is 13.8 Å². The Kier molecular flexibility index (Phi) is 4.45. The molecule has 1 amide bonds. The molecule has 0 radical (unpaired) electrons. The number of carbonyl (C=O) groups excluding carboxylic acids is 1. The lowest BCUT2D eigenvalue weighted by molar-refractivity contribution is -0.141. The van der Waals surface area contributed by atoms with E-state index in [1.807, 2.05) is 0 Å². The van der Waals surface area contributed by atoms with E-state index in [0.29, 0.717) is 17.1 Å². The van der Waals surface area contributed by atoms with E-state index in [2.05, 4.69) is 30.8 Å². The van der Waals surface area contributed by atoms with E-state index in [1.165, 1.54) is 23.0 Å². The number of aromatic nitrogens is 6. The molecule has 0 aliphatic carbocycles. The molecule has 8 nitrogen and oxygen atoms in total. The van der Waals surface area contributed by atoms with Crippen LogP contribution in [0.1, 0.15) is 17.1 Å². The molecule has 3 heterocycles. The minimum absolute atomic E-state index is 0.0213. The second-order valence-electron chi connectivity index (χ2n) is 5.56. The van der Waals surface area contributed by atoms with Crippen molar-refractivity contribution in [2.75, 3.05) is 5.32 Å². The molecule has 0 saturated heterocycles. The highest BCUT2D eigenvalue weighted by molar-refractivity contribution is 5.91. The highest BCUT2D eigenvalue weighted by Gasteiger charge is 2.32. The summed E-state index contributed by atoms with van der Waals surface area (Å²) in [4.78, 5) is 15.6. The van der Waals surface area contributed by atoms with Gasteiger partial charge in [0.15, 0.2) is 0 Å². The van der Waals surface area contributed by atoms with Crippen molar-refractivity contribution in [2.24, 2.45) is 0 Å². The van der Waals surface area contributed by atoms with E-state index in [4.69, 9.17) is 0 Å². The molecular formula is C15H14F3N7O. The molecule has 11 heteroatoms. The lowest BCUT2D eigenvalue weighted by Gasteiger charge is -2.06. The summed E-state index contributed by atoms with van der Waals surface area (Å²) in [5.74, 6) is -0.369. The van der Waals surface area contributed by atoms with Gasteiger partial charge in [-0.2, -0.15) is 18.3 Å². The van der Waals surface area contributed by atoms with Gasteiger partial charge in [-0.3, -0.25) is 9.89 Å². The van der Waals surface area contributed by atoms with E-state index in [0.717, 1.165) is 6.07 Å².